The van der Waals surface area contributed by atoms with Gasteiger partial charge in [-0.15, -0.1) is 0 Å². The van der Waals surface area contributed by atoms with Crippen LogP contribution in [0.5, 0.6) is 0 Å². The van der Waals surface area contributed by atoms with Gasteiger partial charge in [0.2, 0.25) is 5.91 Å². The van der Waals surface area contributed by atoms with Crippen molar-refractivity contribution in [1.82, 2.24) is 4.90 Å². The number of rotatable bonds is 3. The van der Waals surface area contributed by atoms with Crippen LogP contribution >= 0.6 is 11.6 Å². The van der Waals surface area contributed by atoms with E-state index in [1.165, 1.54) is 0 Å². The van der Waals surface area contributed by atoms with Gasteiger partial charge in [-0.1, -0.05) is 23.7 Å². The Morgan fingerprint density at radius 2 is 2.25 bits per heavy atom. The summed E-state index contributed by atoms with van der Waals surface area (Å²) in [6.07, 6.45) is 0.388. The summed E-state index contributed by atoms with van der Waals surface area (Å²) < 4.78 is 0. The van der Waals surface area contributed by atoms with Gasteiger partial charge in [-0.2, -0.15) is 0 Å². The first-order valence-corrected chi connectivity index (χ1v) is 5.70. The van der Waals surface area contributed by atoms with Crippen LogP contribution in [0.25, 0.3) is 0 Å². The Hall–Kier alpha value is -1.06. The molecular weight excluding hydrogens is 226 g/mol. The molecule has 3 nitrogen and oxygen atoms in total. The zero-order chi connectivity index (χ0) is 11.5. The Morgan fingerprint density at radius 3 is 2.88 bits per heavy atom. The molecule has 4 heteroatoms. The SMILES string of the molecule is O=C(Cc1cccc(Cl)c1)N1CC(CO)C1. The molecule has 0 atom stereocenters. The van der Waals surface area contributed by atoms with Crippen molar-refractivity contribution in [3.8, 4) is 0 Å². The van der Waals surface area contributed by atoms with E-state index in [2.05, 4.69) is 0 Å². The highest BCUT2D eigenvalue weighted by molar-refractivity contribution is 6.30. The smallest absolute Gasteiger partial charge is 0.227 e. The van der Waals surface area contributed by atoms with E-state index in [0.29, 0.717) is 24.5 Å². The summed E-state index contributed by atoms with van der Waals surface area (Å²) in [4.78, 5) is 13.5. The average Bonchev–Trinajstić information content (AvgIpc) is 2.15. The molecule has 1 aromatic rings. The fourth-order valence-corrected chi connectivity index (χ4v) is 2.04. The van der Waals surface area contributed by atoms with Crippen molar-refractivity contribution in [3.63, 3.8) is 0 Å². The average molecular weight is 240 g/mol. The molecule has 0 unspecified atom stereocenters. The summed E-state index contributed by atoms with van der Waals surface area (Å²) in [6, 6.07) is 7.34. The third kappa shape index (κ3) is 2.54. The number of hydrogen-bond donors (Lipinski definition) is 1. The van der Waals surface area contributed by atoms with E-state index in [1.807, 2.05) is 18.2 Å². The molecule has 0 spiro atoms. The van der Waals surface area contributed by atoms with Crippen LogP contribution in [0.4, 0.5) is 0 Å². The molecule has 1 heterocycles. The van der Waals surface area contributed by atoms with Crippen LogP contribution in [0.2, 0.25) is 5.02 Å². The number of carbonyl (C=O) groups excluding carboxylic acids is 1. The van der Waals surface area contributed by atoms with Gasteiger partial charge in [0.05, 0.1) is 6.42 Å². The van der Waals surface area contributed by atoms with Crippen LogP contribution in [0.3, 0.4) is 0 Å². The number of likely N-dealkylation sites (tertiary alicyclic amines) is 1. The molecular formula is C12H14ClNO2. The maximum absolute atomic E-state index is 11.8. The molecule has 16 heavy (non-hydrogen) atoms. The number of aliphatic hydroxyl groups is 1. The molecule has 0 radical (unpaired) electrons. The maximum atomic E-state index is 11.8. The lowest BCUT2D eigenvalue weighted by Crippen LogP contribution is -2.51. The molecule has 86 valence electrons. The first-order chi connectivity index (χ1) is 7.69. The molecule has 1 aliphatic heterocycles. The van der Waals surface area contributed by atoms with Gasteiger partial charge in [-0.25, -0.2) is 0 Å². The number of hydrogen-bond acceptors (Lipinski definition) is 2. The Kier molecular flexibility index (Phi) is 3.46. The highest BCUT2D eigenvalue weighted by Crippen LogP contribution is 2.17. The summed E-state index contributed by atoms with van der Waals surface area (Å²) in [5, 5.41) is 9.51. The van der Waals surface area contributed by atoms with Gasteiger partial charge in [-0.05, 0) is 17.7 Å². The summed E-state index contributed by atoms with van der Waals surface area (Å²) in [5.41, 5.74) is 0.935. The van der Waals surface area contributed by atoms with Crippen molar-refractivity contribution in [2.75, 3.05) is 19.7 Å². The molecule has 1 saturated heterocycles. The first-order valence-electron chi connectivity index (χ1n) is 5.32. The minimum absolute atomic E-state index is 0.104. The minimum Gasteiger partial charge on any atom is -0.396 e. The zero-order valence-corrected chi connectivity index (χ0v) is 9.65. The monoisotopic (exact) mass is 239 g/mol. The highest BCUT2D eigenvalue weighted by atomic mass is 35.5. The number of aliphatic hydroxyl groups excluding tert-OH is 1. The van der Waals surface area contributed by atoms with E-state index in [0.717, 1.165) is 5.56 Å². The molecule has 1 N–H and O–H groups in total. The van der Waals surface area contributed by atoms with Gasteiger partial charge in [0, 0.05) is 30.6 Å². The van der Waals surface area contributed by atoms with Crippen LogP contribution in [0.15, 0.2) is 24.3 Å². The van der Waals surface area contributed by atoms with Crippen molar-refractivity contribution in [1.29, 1.82) is 0 Å². The van der Waals surface area contributed by atoms with Gasteiger partial charge >= 0.3 is 0 Å². The van der Waals surface area contributed by atoms with E-state index in [-0.39, 0.29) is 18.4 Å². The van der Waals surface area contributed by atoms with E-state index >= 15 is 0 Å². The molecule has 1 aliphatic rings. The van der Waals surface area contributed by atoms with Crippen molar-refractivity contribution in [2.24, 2.45) is 5.92 Å². The van der Waals surface area contributed by atoms with Crippen molar-refractivity contribution in [2.45, 2.75) is 6.42 Å². The van der Waals surface area contributed by atoms with Crippen LogP contribution in [-0.2, 0) is 11.2 Å². The van der Waals surface area contributed by atoms with Crippen molar-refractivity contribution < 1.29 is 9.90 Å². The number of nitrogens with zero attached hydrogens (tertiary/aromatic N) is 1. The molecule has 0 aromatic heterocycles. The molecule has 1 aromatic carbocycles. The number of halogens is 1. The van der Waals surface area contributed by atoms with E-state index in [9.17, 15) is 4.79 Å². The fraction of sp³-hybridized carbons (Fsp3) is 0.417. The Balaban J connectivity index is 1.89. The second kappa shape index (κ2) is 4.85. The van der Waals surface area contributed by atoms with E-state index in [1.54, 1.807) is 11.0 Å². The summed E-state index contributed by atoms with van der Waals surface area (Å²) in [6.45, 7) is 1.52. The molecule has 0 saturated carbocycles. The second-order valence-electron chi connectivity index (χ2n) is 4.15. The normalized spacial score (nSPS) is 16.0. The highest BCUT2D eigenvalue weighted by Gasteiger charge is 2.29. The lowest BCUT2D eigenvalue weighted by molar-refractivity contribution is -0.137. The topological polar surface area (TPSA) is 40.5 Å². The number of carbonyl (C=O) groups is 1. The summed E-state index contributed by atoms with van der Waals surface area (Å²) >= 11 is 5.84. The van der Waals surface area contributed by atoms with Gasteiger partial charge in [-0.3, -0.25) is 4.79 Å². The Morgan fingerprint density at radius 1 is 1.50 bits per heavy atom. The third-order valence-corrected chi connectivity index (χ3v) is 3.05. The second-order valence-corrected chi connectivity index (χ2v) is 4.59. The molecule has 0 aliphatic carbocycles. The van der Waals surface area contributed by atoms with E-state index < -0.39 is 0 Å². The fourth-order valence-electron chi connectivity index (χ4n) is 1.82. The van der Waals surface area contributed by atoms with E-state index in [4.69, 9.17) is 16.7 Å². The number of amides is 1. The lowest BCUT2D eigenvalue weighted by Gasteiger charge is -2.38. The maximum Gasteiger partial charge on any atom is 0.227 e. The predicted molar refractivity (Wildman–Crippen MR) is 62.3 cm³/mol. The summed E-state index contributed by atoms with van der Waals surface area (Å²) in [5.74, 6) is 0.371. The lowest BCUT2D eigenvalue weighted by atomic mass is 10.00. The van der Waals surface area contributed by atoms with Crippen LogP contribution in [0, 0.1) is 5.92 Å². The molecule has 0 bridgehead atoms. The zero-order valence-electron chi connectivity index (χ0n) is 8.90. The van der Waals surface area contributed by atoms with Gasteiger partial charge in [0.15, 0.2) is 0 Å². The third-order valence-electron chi connectivity index (χ3n) is 2.81. The largest absolute Gasteiger partial charge is 0.396 e. The van der Waals surface area contributed by atoms with Crippen molar-refractivity contribution in [3.05, 3.63) is 34.9 Å². The Labute approximate surface area is 99.6 Å². The van der Waals surface area contributed by atoms with Crippen LogP contribution < -0.4 is 0 Å². The predicted octanol–water partition coefficient (Wildman–Crippen LogP) is 1.33. The van der Waals surface area contributed by atoms with Gasteiger partial charge in [0.25, 0.3) is 0 Å². The van der Waals surface area contributed by atoms with Crippen molar-refractivity contribution >= 4 is 17.5 Å². The molecule has 1 fully saturated rings. The molecule has 1 amide bonds. The van der Waals surface area contributed by atoms with Gasteiger partial charge in [0.1, 0.15) is 0 Å². The Bertz CT molecular complexity index is 388. The van der Waals surface area contributed by atoms with Crippen LogP contribution in [-0.4, -0.2) is 35.6 Å². The quantitative estimate of drug-likeness (QED) is 0.865. The van der Waals surface area contributed by atoms with Crippen LogP contribution in [0.1, 0.15) is 5.56 Å². The minimum atomic E-state index is 0.104. The molecule has 2 rings (SSSR count). The van der Waals surface area contributed by atoms with Gasteiger partial charge < -0.3 is 10.0 Å². The first kappa shape index (κ1) is 11.4. The standard InChI is InChI=1S/C12H14ClNO2/c13-11-3-1-2-9(4-11)5-12(16)14-6-10(7-14)8-15/h1-4,10,15H,5-8H2. The summed E-state index contributed by atoms with van der Waals surface area (Å²) in [7, 11) is 0. The number of benzene rings is 1.